The molecular formula is C22H32O6Si. The third-order valence-electron chi connectivity index (χ3n) is 5.14. The van der Waals surface area contributed by atoms with Crippen molar-refractivity contribution in [2.75, 3.05) is 14.2 Å². The van der Waals surface area contributed by atoms with Gasteiger partial charge in [0.2, 0.25) is 5.79 Å². The minimum atomic E-state index is -1.54. The average molecular weight is 421 g/mol. The van der Waals surface area contributed by atoms with Crippen molar-refractivity contribution < 1.29 is 28.5 Å². The molecule has 1 aliphatic heterocycles. The van der Waals surface area contributed by atoms with Gasteiger partial charge in [0, 0.05) is 19.4 Å². The quantitative estimate of drug-likeness (QED) is 0.512. The zero-order chi connectivity index (χ0) is 21.8. The Kier molecular flexibility index (Phi) is 7.43. The summed E-state index contributed by atoms with van der Waals surface area (Å²) in [4.78, 5) is 25.3. The van der Waals surface area contributed by atoms with Crippen LogP contribution in [0, 0.1) is 5.92 Å². The second-order valence-corrected chi connectivity index (χ2v) is 13.6. The first-order valence-corrected chi connectivity index (χ1v) is 13.4. The maximum Gasteiger partial charge on any atom is 0.352 e. The third-order valence-corrected chi connectivity index (χ3v) is 6.37. The van der Waals surface area contributed by atoms with Crippen molar-refractivity contribution in [2.24, 2.45) is 5.92 Å². The SMILES string of the molecule is COC(=O)[C@H](OC(=O)c1ccccc1)[C@]1(OC)C/C(=C\[Si](C)(C)C)[C@H](C)[C@H](C)O1. The number of benzene rings is 1. The van der Waals surface area contributed by atoms with Crippen molar-refractivity contribution in [1.82, 2.24) is 0 Å². The summed E-state index contributed by atoms with van der Waals surface area (Å²) in [7, 11) is 1.17. The van der Waals surface area contributed by atoms with E-state index < -0.39 is 31.9 Å². The van der Waals surface area contributed by atoms with E-state index in [2.05, 4.69) is 32.3 Å². The molecule has 0 bridgehead atoms. The van der Waals surface area contributed by atoms with Crippen LogP contribution in [0.4, 0.5) is 0 Å². The van der Waals surface area contributed by atoms with Crippen LogP contribution in [-0.2, 0) is 23.7 Å². The summed E-state index contributed by atoms with van der Waals surface area (Å²) in [6.45, 7) is 10.8. The van der Waals surface area contributed by atoms with Crippen LogP contribution in [0.15, 0.2) is 41.6 Å². The second kappa shape index (κ2) is 9.24. The molecule has 1 saturated heterocycles. The van der Waals surface area contributed by atoms with Crippen LogP contribution >= 0.6 is 0 Å². The molecule has 0 unspecified atom stereocenters. The van der Waals surface area contributed by atoms with E-state index in [1.54, 1.807) is 30.3 Å². The number of carbonyl (C=O) groups excluding carboxylic acids is 2. The Bertz CT molecular complexity index is 754. The summed E-state index contributed by atoms with van der Waals surface area (Å²) in [6.07, 6.45) is -1.26. The van der Waals surface area contributed by atoms with Crippen LogP contribution in [0.2, 0.25) is 19.6 Å². The molecule has 4 atom stereocenters. The van der Waals surface area contributed by atoms with Gasteiger partial charge in [0.05, 0.1) is 26.9 Å². The first-order chi connectivity index (χ1) is 13.5. The van der Waals surface area contributed by atoms with E-state index in [1.807, 2.05) is 6.92 Å². The largest absolute Gasteiger partial charge is 0.466 e. The van der Waals surface area contributed by atoms with Gasteiger partial charge in [-0.1, -0.05) is 56.0 Å². The molecule has 160 valence electrons. The summed E-state index contributed by atoms with van der Waals surface area (Å²) in [5.74, 6) is -2.64. The first kappa shape index (κ1) is 23.3. The molecule has 0 saturated carbocycles. The van der Waals surface area contributed by atoms with E-state index in [0.29, 0.717) is 12.0 Å². The van der Waals surface area contributed by atoms with E-state index in [9.17, 15) is 9.59 Å². The number of hydrogen-bond acceptors (Lipinski definition) is 6. The molecule has 0 spiro atoms. The predicted molar refractivity (Wildman–Crippen MR) is 113 cm³/mol. The standard InChI is InChI=1S/C22H32O6Si/c1-15-16(2)28-22(26-4,13-18(15)14-29(5,6)7)19(21(24)25-3)27-20(23)17-11-9-8-10-12-17/h8-12,14-16,19H,13H2,1-7H3/b18-14+/t15-,16+,19+,22+/m1/s1. The lowest BCUT2D eigenvalue weighted by atomic mass is 9.85. The number of esters is 2. The maximum absolute atomic E-state index is 12.7. The summed E-state index contributed by atoms with van der Waals surface area (Å²) in [6, 6.07) is 8.50. The van der Waals surface area contributed by atoms with Crippen LogP contribution in [0.5, 0.6) is 0 Å². The van der Waals surface area contributed by atoms with Gasteiger partial charge in [-0.2, -0.15) is 0 Å². The zero-order valence-electron chi connectivity index (χ0n) is 18.4. The fourth-order valence-corrected chi connectivity index (χ4v) is 4.98. The van der Waals surface area contributed by atoms with Crippen molar-refractivity contribution in [2.45, 2.75) is 57.9 Å². The number of methoxy groups -OCH3 is 2. The van der Waals surface area contributed by atoms with Crippen LogP contribution in [0.3, 0.4) is 0 Å². The van der Waals surface area contributed by atoms with Gasteiger partial charge in [-0.15, -0.1) is 0 Å². The molecule has 6 nitrogen and oxygen atoms in total. The van der Waals surface area contributed by atoms with Crippen molar-refractivity contribution in [3.05, 3.63) is 47.2 Å². The molecule has 7 heteroatoms. The monoisotopic (exact) mass is 420 g/mol. The van der Waals surface area contributed by atoms with Crippen LogP contribution in [-0.4, -0.2) is 52.2 Å². The van der Waals surface area contributed by atoms with Crippen molar-refractivity contribution in [3.8, 4) is 0 Å². The molecule has 29 heavy (non-hydrogen) atoms. The topological polar surface area (TPSA) is 71.1 Å². The smallest absolute Gasteiger partial charge is 0.352 e. The van der Waals surface area contributed by atoms with Crippen molar-refractivity contribution in [1.29, 1.82) is 0 Å². The molecule has 1 fully saturated rings. The Morgan fingerprint density at radius 3 is 2.31 bits per heavy atom. The van der Waals surface area contributed by atoms with Gasteiger partial charge in [-0.25, -0.2) is 9.59 Å². The Morgan fingerprint density at radius 2 is 1.79 bits per heavy atom. The highest BCUT2D eigenvalue weighted by atomic mass is 28.3. The maximum atomic E-state index is 12.7. The zero-order valence-corrected chi connectivity index (χ0v) is 19.4. The molecule has 1 aromatic carbocycles. The second-order valence-electron chi connectivity index (χ2n) is 8.56. The number of rotatable bonds is 6. The third kappa shape index (κ3) is 5.56. The Hall–Kier alpha value is -1.96. The Balaban J connectivity index is 2.44. The van der Waals surface area contributed by atoms with Gasteiger partial charge in [0.15, 0.2) is 0 Å². The normalized spacial score (nSPS) is 27.3. The van der Waals surface area contributed by atoms with Crippen LogP contribution < -0.4 is 0 Å². The minimum absolute atomic E-state index is 0.160. The summed E-state index contributed by atoms with van der Waals surface area (Å²) in [5, 5.41) is 0. The number of carbonyl (C=O) groups is 2. The fraction of sp³-hybridized carbons (Fsp3) is 0.545. The summed E-state index contributed by atoms with van der Waals surface area (Å²) >= 11 is 0. The predicted octanol–water partition coefficient (Wildman–Crippen LogP) is 3.98. The van der Waals surface area contributed by atoms with E-state index in [0.717, 1.165) is 5.57 Å². The molecular weight excluding hydrogens is 388 g/mol. The number of ether oxygens (including phenoxy) is 4. The molecule has 2 rings (SSSR count). The molecule has 1 aliphatic rings. The fourth-order valence-electron chi connectivity index (χ4n) is 3.50. The molecule has 1 aromatic rings. The van der Waals surface area contributed by atoms with E-state index in [-0.39, 0.29) is 12.0 Å². The summed E-state index contributed by atoms with van der Waals surface area (Å²) in [5.41, 5.74) is 3.79. The molecule has 0 N–H and O–H groups in total. The molecule has 0 aromatic heterocycles. The van der Waals surface area contributed by atoms with E-state index in [4.69, 9.17) is 18.9 Å². The summed E-state index contributed by atoms with van der Waals surface area (Å²) < 4.78 is 22.5. The first-order valence-electron chi connectivity index (χ1n) is 9.81. The van der Waals surface area contributed by atoms with Gasteiger partial charge in [0.1, 0.15) is 0 Å². The molecule has 1 heterocycles. The highest BCUT2D eigenvalue weighted by Crippen LogP contribution is 2.41. The molecule has 0 aliphatic carbocycles. The van der Waals surface area contributed by atoms with Crippen LogP contribution in [0.1, 0.15) is 30.6 Å². The minimum Gasteiger partial charge on any atom is -0.466 e. The number of hydrogen-bond donors (Lipinski definition) is 0. The van der Waals surface area contributed by atoms with Gasteiger partial charge in [-0.3, -0.25) is 0 Å². The Labute approximate surface area is 174 Å². The van der Waals surface area contributed by atoms with Crippen LogP contribution in [0.25, 0.3) is 0 Å². The molecule has 0 amide bonds. The van der Waals surface area contributed by atoms with Gasteiger partial charge >= 0.3 is 11.9 Å². The van der Waals surface area contributed by atoms with E-state index >= 15 is 0 Å². The van der Waals surface area contributed by atoms with Gasteiger partial charge in [-0.05, 0) is 19.1 Å². The Morgan fingerprint density at radius 1 is 1.17 bits per heavy atom. The highest BCUT2D eigenvalue weighted by Gasteiger charge is 2.53. The highest BCUT2D eigenvalue weighted by molar-refractivity contribution is 6.81. The van der Waals surface area contributed by atoms with Gasteiger partial charge < -0.3 is 18.9 Å². The van der Waals surface area contributed by atoms with Gasteiger partial charge in [0.25, 0.3) is 6.10 Å². The van der Waals surface area contributed by atoms with Crippen molar-refractivity contribution in [3.63, 3.8) is 0 Å². The van der Waals surface area contributed by atoms with Crippen molar-refractivity contribution >= 4 is 20.0 Å². The molecule has 0 radical (unpaired) electrons. The lowest BCUT2D eigenvalue weighted by Gasteiger charge is -2.46. The average Bonchev–Trinajstić information content (AvgIpc) is 2.68. The van der Waals surface area contributed by atoms with E-state index in [1.165, 1.54) is 14.2 Å². The lowest BCUT2D eigenvalue weighted by Crippen LogP contribution is -2.58. The lowest BCUT2D eigenvalue weighted by molar-refractivity contribution is -0.300.